The van der Waals surface area contributed by atoms with Crippen LogP contribution in [0.25, 0.3) is 0 Å². The largest absolute Gasteiger partial charge is 0.487 e. The number of ether oxygens (including phenoxy) is 2. The van der Waals surface area contributed by atoms with Crippen molar-refractivity contribution in [1.82, 2.24) is 0 Å². The average Bonchev–Trinajstić information content (AvgIpc) is 2.54. The molecule has 1 aliphatic rings. The van der Waals surface area contributed by atoms with E-state index in [1.807, 2.05) is 19.1 Å². The maximum absolute atomic E-state index is 11.0. The van der Waals surface area contributed by atoms with Gasteiger partial charge in [-0.15, -0.1) is 0 Å². The van der Waals surface area contributed by atoms with Crippen LogP contribution in [0.2, 0.25) is 5.02 Å². The number of anilines is 1. The van der Waals surface area contributed by atoms with E-state index in [4.69, 9.17) is 26.2 Å². The van der Waals surface area contributed by atoms with Gasteiger partial charge in [-0.25, -0.2) is 0 Å². The van der Waals surface area contributed by atoms with Crippen molar-refractivity contribution in [2.24, 2.45) is 5.92 Å². The highest BCUT2D eigenvalue weighted by atomic mass is 35.5. The zero-order valence-corrected chi connectivity index (χ0v) is 14.1. The van der Waals surface area contributed by atoms with Crippen LogP contribution < -0.4 is 10.1 Å². The van der Waals surface area contributed by atoms with Gasteiger partial charge in [0.05, 0.1) is 23.2 Å². The molecule has 0 bridgehead atoms. The minimum atomic E-state index is -0.689. The molecule has 0 aliphatic heterocycles. The smallest absolute Gasteiger partial charge is 0.306 e. The van der Waals surface area contributed by atoms with Crippen molar-refractivity contribution < 1.29 is 19.4 Å². The third-order valence-corrected chi connectivity index (χ3v) is 4.38. The van der Waals surface area contributed by atoms with E-state index in [0.29, 0.717) is 43.4 Å². The number of carboxylic acid groups (broad SMARTS) is 1. The monoisotopic (exact) mass is 341 g/mol. The fourth-order valence-corrected chi connectivity index (χ4v) is 3.05. The molecule has 0 aromatic heterocycles. The van der Waals surface area contributed by atoms with Crippen molar-refractivity contribution in [2.75, 3.05) is 25.1 Å². The van der Waals surface area contributed by atoms with Gasteiger partial charge < -0.3 is 19.9 Å². The van der Waals surface area contributed by atoms with Gasteiger partial charge in [0.15, 0.2) is 5.75 Å². The van der Waals surface area contributed by atoms with Gasteiger partial charge in [-0.1, -0.05) is 17.7 Å². The van der Waals surface area contributed by atoms with Gasteiger partial charge in [-0.05, 0) is 44.7 Å². The fourth-order valence-electron chi connectivity index (χ4n) is 2.82. The number of nitrogens with one attached hydrogen (secondary N) is 1. The molecule has 2 rings (SSSR count). The summed E-state index contributed by atoms with van der Waals surface area (Å²) in [4.78, 5) is 11.0. The van der Waals surface area contributed by atoms with Gasteiger partial charge in [0.1, 0.15) is 6.61 Å². The Hall–Kier alpha value is -1.46. The molecule has 1 aliphatic carbocycles. The summed E-state index contributed by atoms with van der Waals surface area (Å²) >= 11 is 6.24. The van der Waals surface area contributed by atoms with Gasteiger partial charge >= 0.3 is 5.97 Å². The van der Waals surface area contributed by atoms with E-state index in [0.717, 1.165) is 18.5 Å². The van der Waals surface area contributed by atoms with Gasteiger partial charge in [-0.2, -0.15) is 0 Å². The second-order valence-corrected chi connectivity index (χ2v) is 6.10. The van der Waals surface area contributed by atoms with Crippen molar-refractivity contribution in [3.63, 3.8) is 0 Å². The van der Waals surface area contributed by atoms with Crippen LogP contribution in [-0.4, -0.2) is 36.9 Å². The van der Waals surface area contributed by atoms with Crippen LogP contribution in [0.5, 0.6) is 5.75 Å². The minimum Gasteiger partial charge on any atom is -0.487 e. The molecule has 2 N–H and O–H groups in total. The second kappa shape index (κ2) is 8.99. The van der Waals surface area contributed by atoms with E-state index < -0.39 is 5.97 Å². The summed E-state index contributed by atoms with van der Waals surface area (Å²) in [6.07, 6.45) is 3.08. The first-order valence-corrected chi connectivity index (χ1v) is 8.48. The Balaban J connectivity index is 1.94. The van der Waals surface area contributed by atoms with E-state index in [9.17, 15) is 4.79 Å². The normalized spacial score (nSPS) is 21.0. The van der Waals surface area contributed by atoms with E-state index in [2.05, 4.69) is 5.32 Å². The maximum atomic E-state index is 11.0. The summed E-state index contributed by atoms with van der Waals surface area (Å²) in [7, 11) is 0. The number of benzene rings is 1. The zero-order valence-electron chi connectivity index (χ0n) is 13.4. The van der Waals surface area contributed by atoms with Crippen molar-refractivity contribution in [3.8, 4) is 5.75 Å². The molecule has 128 valence electrons. The topological polar surface area (TPSA) is 67.8 Å². The maximum Gasteiger partial charge on any atom is 0.306 e. The molecule has 6 heteroatoms. The highest BCUT2D eigenvalue weighted by Crippen LogP contribution is 2.35. The molecule has 0 spiro atoms. The summed E-state index contributed by atoms with van der Waals surface area (Å²) < 4.78 is 11.0. The standard InChI is InChI=1S/C17H24ClNO4/c1-2-22-10-11-23-16-14(18)4-3-5-15(16)19-13-8-6-12(7-9-13)17(20)21/h3-5,12-13,19H,2,6-11H2,1H3,(H,20,21). The number of aliphatic carboxylic acids is 1. The molecule has 5 nitrogen and oxygen atoms in total. The van der Waals surface area contributed by atoms with Crippen molar-refractivity contribution in [2.45, 2.75) is 38.6 Å². The van der Waals surface area contributed by atoms with Crippen LogP contribution in [0.1, 0.15) is 32.6 Å². The first-order chi connectivity index (χ1) is 11.1. The van der Waals surface area contributed by atoms with Crippen LogP contribution in [0.3, 0.4) is 0 Å². The first kappa shape index (κ1) is 17.9. The van der Waals surface area contributed by atoms with Crippen LogP contribution in [0.15, 0.2) is 18.2 Å². The second-order valence-electron chi connectivity index (χ2n) is 5.69. The number of para-hydroxylation sites is 1. The molecule has 23 heavy (non-hydrogen) atoms. The quantitative estimate of drug-likeness (QED) is 0.704. The summed E-state index contributed by atoms with van der Waals surface area (Å²) in [6.45, 7) is 3.56. The molecule has 0 heterocycles. The minimum absolute atomic E-state index is 0.214. The Morgan fingerprint density at radius 3 is 2.70 bits per heavy atom. The van der Waals surface area contributed by atoms with E-state index in [1.54, 1.807) is 6.07 Å². The lowest BCUT2D eigenvalue weighted by Crippen LogP contribution is -2.29. The molecular formula is C17H24ClNO4. The van der Waals surface area contributed by atoms with Crippen LogP contribution in [-0.2, 0) is 9.53 Å². The Morgan fingerprint density at radius 1 is 1.30 bits per heavy atom. The Bertz CT molecular complexity index is 515. The van der Waals surface area contributed by atoms with E-state index in [1.165, 1.54) is 0 Å². The van der Waals surface area contributed by atoms with Gasteiger partial charge in [-0.3, -0.25) is 4.79 Å². The average molecular weight is 342 g/mol. The number of hydrogen-bond donors (Lipinski definition) is 2. The molecule has 1 saturated carbocycles. The fraction of sp³-hybridized carbons (Fsp3) is 0.588. The third-order valence-electron chi connectivity index (χ3n) is 4.08. The Labute approximate surface area is 141 Å². The molecule has 0 atom stereocenters. The molecule has 1 aromatic rings. The number of carboxylic acids is 1. The van der Waals surface area contributed by atoms with E-state index in [-0.39, 0.29) is 12.0 Å². The van der Waals surface area contributed by atoms with Crippen LogP contribution in [0, 0.1) is 5.92 Å². The molecular weight excluding hydrogens is 318 g/mol. The molecule has 0 radical (unpaired) electrons. The van der Waals surface area contributed by atoms with Crippen molar-refractivity contribution in [3.05, 3.63) is 23.2 Å². The molecule has 1 fully saturated rings. The molecule has 0 saturated heterocycles. The van der Waals surface area contributed by atoms with Gasteiger partial charge in [0, 0.05) is 12.6 Å². The lowest BCUT2D eigenvalue weighted by Gasteiger charge is -2.28. The lowest BCUT2D eigenvalue weighted by atomic mass is 9.86. The van der Waals surface area contributed by atoms with Crippen LogP contribution >= 0.6 is 11.6 Å². The summed E-state index contributed by atoms with van der Waals surface area (Å²) in [6, 6.07) is 5.86. The molecule has 0 unspecified atom stereocenters. The first-order valence-electron chi connectivity index (χ1n) is 8.10. The Kier molecular flexibility index (Phi) is 6.99. The highest BCUT2D eigenvalue weighted by Gasteiger charge is 2.26. The highest BCUT2D eigenvalue weighted by molar-refractivity contribution is 6.32. The molecule has 1 aromatic carbocycles. The molecule has 0 amide bonds. The predicted octanol–water partition coefficient (Wildman–Crippen LogP) is 3.81. The summed E-state index contributed by atoms with van der Waals surface area (Å²) in [5.41, 5.74) is 0.854. The van der Waals surface area contributed by atoms with E-state index >= 15 is 0 Å². The van der Waals surface area contributed by atoms with Gasteiger partial charge in [0.25, 0.3) is 0 Å². The van der Waals surface area contributed by atoms with Crippen molar-refractivity contribution in [1.29, 1.82) is 0 Å². The predicted molar refractivity (Wildman–Crippen MR) is 90.4 cm³/mol. The summed E-state index contributed by atoms with van der Waals surface area (Å²) in [5.74, 6) is -0.269. The van der Waals surface area contributed by atoms with Crippen LogP contribution in [0.4, 0.5) is 5.69 Å². The lowest BCUT2D eigenvalue weighted by molar-refractivity contribution is -0.142. The third kappa shape index (κ3) is 5.29. The van der Waals surface area contributed by atoms with Gasteiger partial charge in [0.2, 0.25) is 0 Å². The number of hydrogen-bond acceptors (Lipinski definition) is 4. The van der Waals surface area contributed by atoms with Crippen molar-refractivity contribution >= 4 is 23.3 Å². The Morgan fingerprint density at radius 2 is 2.04 bits per heavy atom. The summed E-state index contributed by atoms with van der Waals surface area (Å²) in [5, 5.41) is 13.1. The number of halogens is 1. The SMILES string of the molecule is CCOCCOc1c(Cl)cccc1NC1CCC(C(=O)O)CC1. The number of rotatable bonds is 8. The zero-order chi connectivity index (χ0) is 16.7. The number of carbonyl (C=O) groups is 1.